The smallest absolute Gasteiger partial charge is 0.287 e. The number of carbonyl (C=O) groups is 1. The Morgan fingerprint density at radius 1 is 1.21 bits per heavy atom. The van der Waals surface area contributed by atoms with E-state index >= 15 is 0 Å². The highest BCUT2D eigenvalue weighted by Gasteiger charge is 2.13. The Morgan fingerprint density at radius 3 is 2.83 bits per heavy atom. The van der Waals surface area contributed by atoms with Crippen LogP contribution in [0, 0.1) is 6.92 Å². The third-order valence-electron chi connectivity index (χ3n) is 3.41. The number of furan rings is 1. The zero-order chi connectivity index (χ0) is 16.9. The van der Waals surface area contributed by atoms with Gasteiger partial charge in [0.25, 0.3) is 5.91 Å². The van der Waals surface area contributed by atoms with Crippen molar-refractivity contribution in [2.45, 2.75) is 24.1 Å². The minimum atomic E-state index is -1.20. The van der Waals surface area contributed by atoms with Crippen molar-refractivity contribution in [3.63, 3.8) is 0 Å². The van der Waals surface area contributed by atoms with Crippen LogP contribution in [0.25, 0.3) is 0 Å². The molecule has 2 aromatic heterocycles. The maximum absolute atomic E-state index is 12.4. The van der Waals surface area contributed by atoms with Crippen molar-refractivity contribution in [1.29, 1.82) is 0 Å². The number of amides is 1. The summed E-state index contributed by atoms with van der Waals surface area (Å²) in [7, 11) is -1.20. The lowest BCUT2D eigenvalue weighted by Crippen LogP contribution is -2.21. The fraction of sp³-hybridized carbons (Fsp3) is 0.167. The summed E-state index contributed by atoms with van der Waals surface area (Å²) in [6.07, 6.45) is 0. The summed E-state index contributed by atoms with van der Waals surface area (Å²) < 4.78 is 17.9. The van der Waals surface area contributed by atoms with Crippen LogP contribution in [0.2, 0.25) is 0 Å². The van der Waals surface area contributed by atoms with Crippen molar-refractivity contribution >= 4 is 28.0 Å². The zero-order valence-electron chi connectivity index (χ0n) is 13.2. The molecule has 1 N–H and O–H groups in total. The number of aryl methyl sites for hydroxylation is 1. The van der Waals surface area contributed by atoms with E-state index < -0.39 is 10.8 Å². The van der Waals surface area contributed by atoms with Crippen LogP contribution in [0.3, 0.4) is 0 Å². The molecule has 4 nitrogen and oxygen atoms in total. The fourth-order valence-electron chi connectivity index (χ4n) is 2.21. The molecule has 0 spiro atoms. The van der Waals surface area contributed by atoms with E-state index in [4.69, 9.17) is 4.42 Å². The van der Waals surface area contributed by atoms with E-state index in [2.05, 4.69) is 5.32 Å². The van der Waals surface area contributed by atoms with Crippen molar-refractivity contribution in [1.82, 2.24) is 5.32 Å². The summed E-state index contributed by atoms with van der Waals surface area (Å²) >= 11 is 1.59. The number of rotatable bonds is 6. The molecule has 0 aliphatic rings. The van der Waals surface area contributed by atoms with Crippen molar-refractivity contribution < 1.29 is 13.4 Å². The summed E-state index contributed by atoms with van der Waals surface area (Å²) in [6.45, 7) is 2.44. The highest BCUT2D eigenvalue weighted by atomic mass is 32.2. The van der Waals surface area contributed by atoms with E-state index in [-0.39, 0.29) is 17.4 Å². The second kappa shape index (κ2) is 7.59. The molecule has 1 aromatic carbocycles. The molecule has 1 amide bonds. The minimum Gasteiger partial charge on any atom is -0.455 e. The standard InChI is InChI=1S/C18H17NO3S2/c1-13-4-2-6-16(10-13)24(21)12-14-7-8-17(22-14)18(20)19-11-15-5-3-9-23-15/h2-10H,11-12H2,1H3,(H,19,20). The minimum absolute atomic E-state index is 0.239. The predicted molar refractivity (Wildman–Crippen MR) is 95.5 cm³/mol. The molecular formula is C18H17NO3S2. The van der Waals surface area contributed by atoms with Gasteiger partial charge in [-0.2, -0.15) is 0 Å². The third kappa shape index (κ3) is 4.21. The van der Waals surface area contributed by atoms with E-state index in [0.29, 0.717) is 12.3 Å². The van der Waals surface area contributed by atoms with Crippen LogP contribution in [-0.2, 0) is 23.1 Å². The Hall–Kier alpha value is -2.18. The first-order chi connectivity index (χ1) is 11.6. The lowest BCUT2D eigenvalue weighted by molar-refractivity contribution is 0.0922. The van der Waals surface area contributed by atoms with Gasteiger partial charge in [-0.05, 0) is 48.2 Å². The van der Waals surface area contributed by atoms with Gasteiger partial charge in [-0.1, -0.05) is 18.2 Å². The van der Waals surface area contributed by atoms with Gasteiger partial charge in [0.05, 0.1) is 23.1 Å². The Morgan fingerprint density at radius 2 is 2.08 bits per heavy atom. The summed E-state index contributed by atoms with van der Waals surface area (Å²) in [5, 5.41) is 4.77. The van der Waals surface area contributed by atoms with E-state index in [1.54, 1.807) is 23.5 Å². The van der Waals surface area contributed by atoms with Crippen molar-refractivity contribution in [3.8, 4) is 0 Å². The van der Waals surface area contributed by atoms with E-state index in [9.17, 15) is 9.00 Å². The summed E-state index contributed by atoms with van der Waals surface area (Å²) in [6, 6.07) is 14.8. The highest BCUT2D eigenvalue weighted by molar-refractivity contribution is 7.84. The average Bonchev–Trinajstić information content (AvgIpc) is 3.24. The Labute approximate surface area is 147 Å². The molecule has 0 saturated carbocycles. The molecular weight excluding hydrogens is 342 g/mol. The molecule has 1 atom stereocenters. The summed E-state index contributed by atoms with van der Waals surface area (Å²) in [4.78, 5) is 13.9. The van der Waals surface area contributed by atoms with Crippen LogP contribution in [0.4, 0.5) is 0 Å². The number of carbonyl (C=O) groups excluding carboxylic acids is 1. The number of nitrogens with one attached hydrogen (secondary N) is 1. The average molecular weight is 359 g/mol. The van der Waals surface area contributed by atoms with E-state index in [1.807, 2.05) is 48.7 Å². The van der Waals surface area contributed by atoms with Gasteiger partial charge in [0, 0.05) is 9.77 Å². The molecule has 0 bridgehead atoms. The predicted octanol–water partition coefficient (Wildman–Crippen LogP) is 3.89. The molecule has 0 radical (unpaired) electrons. The molecule has 2 heterocycles. The largest absolute Gasteiger partial charge is 0.455 e. The lowest BCUT2D eigenvalue weighted by Gasteiger charge is -2.02. The topological polar surface area (TPSA) is 59.3 Å². The Balaban J connectivity index is 1.60. The van der Waals surface area contributed by atoms with Crippen LogP contribution in [-0.4, -0.2) is 10.1 Å². The molecule has 0 saturated heterocycles. The second-order valence-corrected chi connectivity index (χ2v) is 7.82. The zero-order valence-corrected chi connectivity index (χ0v) is 14.8. The first kappa shape index (κ1) is 16.7. The molecule has 0 fully saturated rings. The Bertz CT molecular complexity index is 853. The van der Waals surface area contributed by atoms with Gasteiger partial charge < -0.3 is 9.73 Å². The molecule has 1 unspecified atom stereocenters. The van der Waals surface area contributed by atoms with Gasteiger partial charge in [0.1, 0.15) is 5.76 Å². The lowest BCUT2D eigenvalue weighted by atomic mass is 10.2. The first-order valence-corrected chi connectivity index (χ1v) is 9.66. The highest BCUT2D eigenvalue weighted by Crippen LogP contribution is 2.16. The van der Waals surface area contributed by atoms with Gasteiger partial charge in [0.15, 0.2) is 5.76 Å². The first-order valence-electron chi connectivity index (χ1n) is 7.46. The molecule has 24 heavy (non-hydrogen) atoms. The van der Waals surface area contributed by atoms with Gasteiger partial charge in [-0.3, -0.25) is 9.00 Å². The summed E-state index contributed by atoms with van der Waals surface area (Å²) in [5.74, 6) is 0.761. The van der Waals surface area contributed by atoms with Gasteiger partial charge >= 0.3 is 0 Å². The van der Waals surface area contributed by atoms with Gasteiger partial charge in [0.2, 0.25) is 0 Å². The van der Waals surface area contributed by atoms with Gasteiger partial charge in [-0.25, -0.2) is 0 Å². The van der Waals surface area contributed by atoms with Crippen LogP contribution in [0.1, 0.15) is 26.8 Å². The van der Waals surface area contributed by atoms with Crippen LogP contribution in [0.5, 0.6) is 0 Å². The maximum atomic E-state index is 12.4. The number of hydrogen-bond donors (Lipinski definition) is 1. The van der Waals surface area contributed by atoms with Crippen molar-refractivity contribution in [2.75, 3.05) is 0 Å². The van der Waals surface area contributed by atoms with Crippen LogP contribution in [0.15, 0.2) is 63.2 Å². The monoisotopic (exact) mass is 359 g/mol. The quantitative estimate of drug-likeness (QED) is 0.726. The fourth-order valence-corrected chi connectivity index (χ4v) is 3.99. The van der Waals surface area contributed by atoms with Crippen molar-refractivity contribution in [3.05, 3.63) is 75.9 Å². The second-order valence-electron chi connectivity index (χ2n) is 5.33. The SMILES string of the molecule is Cc1cccc(S(=O)Cc2ccc(C(=O)NCc3cccs3)o2)c1. The normalized spacial score (nSPS) is 12.0. The third-order valence-corrected chi connectivity index (χ3v) is 5.62. The molecule has 3 aromatic rings. The van der Waals surface area contributed by atoms with Gasteiger partial charge in [-0.15, -0.1) is 11.3 Å². The van der Waals surface area contributed by atoms with Crippen LogP contribution >= 0.6 is 11.3 Å². The van der Waals surface area contributed by atoms with E-state index in [0.717, 1.165) is 15.3 Å². The number of hydrogen-bond acceptors (Lipinski definition) is 4. The maximum Gasteiger partial charge on any atom is 0.287 e. The van der Waals surface area contributed by atoms with E-state index in [1.165, 1.54) is 0 Å². The molecule has 6 heteroatoms. The summed E-state index contributed by atoms with van der Waals surface area (Å²) in [5.41, 5.74) is 1.06. The number of thiophene rings is 1. The molecule has 124 valence electrons. The molecule has 0 aliphatic heterocycles. The number of benzene rings is 1. The molecule has 3 rings (SSSR count). The Kier molecular flexibility index (Phi) is 5.27. The van der Waals surface area contributed by atoms with Crippen molar-refractivity contribution in [2.24, 2.45) is 0 Å². The van der Waals surface area contributed by atoms with Crippen LogP contribution < -0.4 is 5.32 Å². The molecule has 0 aliphatic carbocycles.